The van der Waals surface area contributed by atoms with Crippen molar-refractivity contribution in [3.8, 4) is 12.3 Å². The second-order valence-corrected chi connectivity index (χ2v) is 2.70. The minimum absolute atomic E-state index is 0.187. The third-order valence-corrected chi connectivity index (χ3v) is 1.73. The van der Waals surface area contributed by atoms with Gasteiger partial charge in [-0.05, 0) is 23.7 Å². The van der Waals surface area contributed by atoms with Crippen LogP contribution in [0.1, 0.15) is 0 Å². The molecular formula is C10H8ClNO. The number of halogens is 1. The number of terminal acetylenes is 1. The van der Waals surface area contributed by atoms with Crippen molar-refractivity contribution in [2.75, 3.05) is 11.4 Å². The van der Waals surface area contributed by atoms with Crippen LogP contribution in [-0.4, -0.2) is 11.9 Å². The predicted molar refractivity (Wildman–Crippen MR) is 53.9 cm³/mol. The normalized spacial score (nSPS) is 8.92. The van der Waals surface area contributed by atoms with Gasteiger partial charge in [0.2, 0.25) is 0 Å². The molecule has 0 radical (unpaired) electrons. The van der Waals surface area contributed by atoms with Crippen molar-refractivity contribution in [3.63, 3.8) is 0 Å². The Hall–Kier alpha value is -1.46. The maximum Gasteiger partial charge on any atom is 0.321 e. The number of hydrogen-bond donors (Lipinski definition) is 0. The topological polar surface area (TPSA) is 20.3 Å². The van der Waals surface area contributed by atoms with E-state index in [9.17, 15) is 4.79 Å². The summed E-state index contributed by atoms with van der Waals surface area (Å²) in [5.41, 5.74) is 0.709. The summed E-state index contributed by atoms with van der Waals surface area (Å²) < 4.78 is 0. The van der Waals surface area contributed by atoms with Crippen molar-refractivity contribution in [2.45, 2.75) is 0 Å². The molecule has 1 amide bonds. The molecule has 2 nitrogen and oxygen atoms in total. The van der Waals surface area contributed by atoms with Crippen molar-refractivity contribution >= 4 is 22.7 Å². The van der Waals surface area contributed by atoms with Gasteiger partial charge in [0.1, 0.15) is 0 Å². The smallest absolute Gasteiger partial charge is 0.287 e. The van der Waals surface area contributed by atoms with Crippen molar-refractivity contribution in [2.24, 2.45) is 0 Å². The van der Waals surface area contributed by atoms with Gasteiger partial charge in [-0.25, -0.2) is 0 Å². The number of nitrogens with zero attached hydrogens (tertiary/aromatic N) is 1. The van der Waals surface area contributed by atoms with E-state index < -0.39 is 5.37 Å². The number of rotatable bonds is 2. The van der Waals surface area contributed by atoms with Gasteiger partial charge in [0, 0.05) is 5.69 Å². The summed E-state index contributed by atoms with van der Waals surface area (Å²) in [7, 11) is 0. The van der Waals surface area contributed by atoms with E-state index in [1.807, 2.05) is 18.2 Å². The fourth-order valence-corrected chi connectivity index (χ4v) is 1.11. The van der Waals surface area contributed by atoms with Crippen LogP contribution >= 0.6 is 11.6 Å². The molecule has 0 aliphatic rings. The van der Waals surface area contributed by atoms with E-state index >= 15 is 0 Å². The molecular weight excluding hydrogens is 186 g/mol. The Labute approximate surface area is 82.1 Å². The molecule has 0 saturated heterocycles. The summed E-state index contributed by atoms with van der Waals surface area (Å²) in [5, 5.41) is -0.566. The first-order chi connectivity index (χ1) is 6.25. The SMILES string of the molecule is C#CCN(C(=O)Cl)c1ccccc1. The van der Waals surface area contributed by atoms with E-state index in [-0.39, 0.29) is 6.54 Å². The maximum atomic E-state index is 10.9. The highest BCUT2D eigenvalue weighted by molar-refractivity contribution is 6.66. The Bertz CT molecular complexity index is 329. The van der Waals surface area contributed by atoms with Gasteiger partial charge in [-0.3, -0.25) is 9.69 Å². The predicted octanol–water partition coefficient (Wildman–Crippen LogP) is 2.49. The van der Waals surface area contributed by atoms with Crippen LogP contribution in [-0.2, 0) is 0 Å². The molecule has 1 aromatic rings. The van der Waals surface area contributed by atoms with Crippen LogP contribution in [0.5, 0.6) is 0 Å². The molecule has 0 bridgehead atoms. The van der Waals surface area contributed by atoms with Crippen molar-refractivity contribution < 1.29 is 4.79 Å². The van der Waals surface area contributed by atoms with E-state index in [4.69, 9.17) is 18.0 Å². The highest BCUT2D eigenvalue weighted by atomic mass is 35.5. The van der Waals surface area contributed by atoms with Crippen LogP contribution < -0.4 is 4.90 Å². The van der Waals surface area contributed by atoms with Crippen LogP contribution in [0.2, 0.25) is 0 Å². The van der Waals surface area contributed by atoms with Gasteiger partial charge in [0.25, 0.3) is 0 Å². The van der Waals surface area contributed by atoms with E-state index in [1.54, 1.807) is 12.1 Å². The summed E-state index contributed by atoms with van der Waals surface area (Å²) in [6.45, 7) is 0.187. The molecule has 0 N–H and O–H groups in total. The second kappa shape index (κ2) is 4.54. The van der Waals surface area contributed by atoms with Gasteiger partial charge < -0.3 is 0 Å². The largest absolute Gasteiger partial charge is 0.321 e. The minimum atomic E-state index is -0.566. The molecule has 0 heterocycles. The molecule has 0 fully saturated rings. The number of para-hydroxylation sites is 1. The molecule has 0 saturated carbocycles. The van der Waals surface area contributed by atoms with Crippen LogP contribution in [0.25, 0.3) is 0 Å². The van der Waals surface area contributed by atoms with Gasteiger partial charge in [-0.1, -0.05) is 24.1 Å². The van der Waals surface area contributed by atoms with Crippen molar-refractivity contribution in [1.82, 2.24) is 0 Å². The van der Waals surface area contributed by atoms with Crippen molar-refractivity contribution in [3.05, 3.63) is 30.3 Å². The average molecular weight is 194 g/mol. The first-order valence-electron chi connectivity index (χ1n) is 3.71. The lowest BCUT2D eigenvalue weighted by Crippen LogP contribution is -2.25. The zero-order chi connectivity index (χ0) is 9.68. The molecule has 1 aromatic carbocycles. The van der Waals surface area contributed by atoms with Gasteiger partial charge in [-0.15, -0.1) is 6.42 Å². The molecule has 0 atom stereocenters. The number of carbonyl (C=O) groups excluding carboxylic acids is 1. The van der Waals surface area contributed by atoms with E-state index in [0.29, 0.717) is 5.69 Å². The molecule has 0 aromatic heterocycles. The third-order valence-electron chi connectivity index (χ3n) is 1.53. The fourth-order valence-electron chi connectivity index (χ4n) is 0.954. The molecule has 0 aliphatic carbocycles. The van der Waals surface area contributed by atoms with Crippen molar-refractivity contribution in [1.29, 1.82) is 0 Å². The molecule has 1 rings (SSSR count). The summed E-state index contributed by atoms with van der Waals surface area (Å²) in [5.74, 6) is 2.37. The number of hydrogen-bond acceptors (Lipinski definition) is 1. The van der Waals surface area contributed by atoms with Crippen LogP contribution in [0.3, 0.4) is 0 Å². The zero-order valence-electron chi connectivity index (χ0n) is 6.90. The summed E-state index contributed by atoms with van der Waals surface area (Å²) >= 11 is 5.35. The van der Waals surface area contributed by atoms with E-state index in [2.05, 4.69) is 5.92 Å². The highest BCUT2D eigenvalue weighted by Gasteiger charge is 2.10. The summed E-state index contributed by atoms with van der Waals surface area (Å²) in [6, 6.07) is 9.04. The van der Waals surface area contributed by atoms with Gasteiger partial charge in [0.05, 0.1) is 6.54 Å². The Morgan fingerprint density at radius 1 is 1.46 bits per heavy atom. The van der Waals surface area contributed by atoms with Gasteiger partial charge in [0.15, 0.2) is 0 Å². The monoisotopic (exact) mass is 193 g/mol. The third kappa shape index (κ3) is 2.50. The molecule has 13 heavy (non-hydrogen) atoms. The Morgan fingerprint density at radius 2 is 2.08 bits per heavy atom. The Kier molecular flexibility index (Phi) is 3.36. The first kappa shape index (κ1) is 9.63. The van der Waals surface area contributed by atoms with Crippen LogP contribution in [0.4, 0.5) is 10.5 Å². The van der Waals surface area contributed by atoms with E-state index in [1.165, 1.54) is 4.90 Å². The molecule has 0 aliphatic heterocycles. The summed E-state index contributed by atoms with van der Waals surface area (Å²) in [4.78, 5) is 12.3. The standard InChI is InChI=1S/C10H8ClNO/c1-2-8-12(10(11)13)9-6-4-3-5-7-9/h1,3-7H,8H2. The Morgan fingerprint density at radius 3 is 2.54 bits per heavy atom. The lowest BCUT2D eigenvalue weighted by molar-refractivity contribution is 0.264. The highest BCUT2D eigenvalue weighted by Crippen LogP contribution is 2.14. The zero-order valence-corrected chi connectivity index (χ0v) is 7.66. The first-order valence-corrected chi connectivity index (χ1v) is 4.09. The number of amides is 1. The fraction of sp³-hybridized carbons (Fsp3) is 0.100. The number of benzene rings is 1. The van der Waals surface area contributed by atoms with Gasteiger partial charge >= 0.3 is 5.37 Å². The van der Waals surface area contributed by atoms with Gasteiger partial charge in [-0.2, -0.15) is 0 Å². The second-order valence-electron chi connectivity index (χ2n) is 2.38. The molecule has 66 valence electrons. The molecule has 0 spiro atoms. The lowest BCUT2D eigenvalue weighted by atomic mass is 10.3. The molecule has 3 heteroatoms. The molecule has 0 unspecified atom stereocenters. The van der Waals surface area contributed by atoms with Crippen LogP contribution in [0.15, 0.2) is 30.3 Å². The summed E-state index contributed by atoms with van der Waals surface area (Å²) in [6.07, 6.45) is 5.10. The maximum absolute atomic E-state index is 10.9. The minimum Gasteiger partial charge on any atom is -0.287 e. The number of carbonyl (C=O) groups is 1. The van der Waals surface area contributed by atoms with E-state index in [0.717, 1.165) is 0 Å². The quantitative estimate of drug-likeness (QED) is 0.402. The van der Waals surface area contributed by atoms with Crippen LogP contribution in [0, 0.1) is 12.3 Å². The lowest BCUT2D eigenvalue weighted by Gasteiger charge is -2.15. The number of anilines is 1. The average Bonchev–Trinajstić information content (AvgIpc) is 2.15. The Balaban J connectivity index is 2.90.